The van der Waals surface area contributed by atoms with Gasteiger partial charge in [-0.25, -0.2) is 0 Å². The molecule has 0 aromatic heterocycles. The van der Waals surface area contributed by atoms with Crippen molar-refractivity contribution in [2.75, 3.05) is 18.0 Å². The van der Waals surface area contributed by atoms with E-state index in [9.17, 15) is 0 Å². The zero-order valence-electron chi connectivity index (χ0n) is 3.95. The zero-order valence-corrected chi connectivity index (χ0v) is 6.10. The number of rotatable bonds is 1. The molecule has 1 rings (SSSR count). The number of hydrogen-bond donors (Lipinski definition) is 0. The first kappa shape index (κ1) is 4.84. The Morgan fingerprint density at radius 3 is 2.17 bits per heavy atom. The maximum absolute atomic E-state index is 2.54. The normalized spacial score (nSPS) is 24.2. The van der Waals surface area contributed by atoms with Crippen LogP contribution in [0.5, 0.6) is 0 Å². The molecule has 1 heterocycles. The molecule has 0 aromatic rings. The van der Waals surface area contributed by atoms with Gasteiger partial charge in [-0.15, -0.1) is 0 Å². The average molecular weight is 198 g/mol. The third-order valence-electron chi connectivity index (χ3n) is 1.04. The molecule has 0 N–H and O–H groups in total. The second-order valence-electron chi connectivity index (χ2n) is 1.43. The molecule has 1 nitrogen and oxygen atoms in total. The van der Waals surface area contributed by atoms with Crippen LogP contribution in [0.1, 0.15) is 6.42 Å². The predicted molar refractivity (Wildman–Crippen MR) is 22.1 cm³/mol. The third kappa shape index (κ3) is 0.846. The summed E-state index contributed by atoms with van der Waals surface area (Å²) in [5.41, 5.74) is 0. The molecule has 1 saturated heterocycles. The van der Waals surface area contributed by atoms with E-state index < -0.39 is 0 Å². The maximum atomic E-state index is 2.54. The molecule has 6 heavy (non-hydrogen) atoms. The molecule has 0 aromatic carbocycles. The molecule has 0 radical (unpaired) electrons. The second-order valence-corrected chi connectivity index (χ2v) is 3.76. The molecule has 2 heteroatoms. The van der Waals surface area contributed by atoms with Crippen LogP contribution in [-0.4, -0.2) is 21.1 Å². The standard InChI is InChI=1S/C4H9IN/c1-5-6-3-2-4-6/h2-4H2,1H3/q-1. The fraction of sp³-hybridized carbons (Fsp3) is 1.00. The van der Waals surface area contributed by atoms with E-state index in [1.807, 2.05) is 0 Å². The van der Waals surface area contributed by atoms with Crippen molar-refractivity contribution < 1.29 is 21.5 Å². The van der Waals surface area contributed by atoms with Gasteiger partial charge in [0.15, 0.2) is 0 Å². The minimum absolute atomic E-state index is 0.465. The van der Waals surface area contributed by atoms with Crippen LogP contribution in [0.4, 0.5) is 0 Å². The summed E-state index contributed by atoms with van der Waals surface area (Å²) >= 11 is 0.465. The van der Waals surface area contributed by atoms with E-state index in [2.05, 4.69) is 8.04 Å². The zero-order chi connectivity index (χ0) is 4.41. The van der Waals surface area contributed by atoms with Gasteiger partial charge in [-0.05, 0) is 0 Å². The number of alkyl halides is 1. The molecular weight excluding hydrogens is 189 g/mol. The van der Waals surface area contributed by atoms with Crippen LogP contribution < -0.4 is 21.5 Å². The van der Waals surface area contributed by atoms with Gasteiger partial charge in [-0.3, -0.25) is 0 Å². The number of halogens is 1. The fourth-order valence-corrected chi connectivity index (χ4v) is 2.09. The third-order valence-corrected chi connectivity index (χ3v) is 3.37. The molecule has 1 fully saturated rings. The Hall–Kier alpha value is 0.690. The van der Waals surface area contributed by atoms with E-state index in [4.69, 9.17) is 0 Å². The van der Waals surface area contributed by atoms with Crippen molar-refractivity contribution in [1.29, 1.82) is 0 Å². The van der Waals surface area contributed by atoms with E-state index in [0.717, 1.165) is 0 Å². The molecule has 1 aliphatic heterocycles. The quantitative estimate of drug-likeness (QED) is 0.252. The number of nitrogens with zero attached hydrogens (tertiary/aromatic N) is 1. The van der Waals surface area contributed by atoms with Crippen molar-refractivity contribution in [3.63, 3.8) is 0 Å². The van der Waals surface area contributed by atoms with E-state index in [0.29, 0.717) is 21.5 Å². The molecule has 0 spiro atoms. The first-order chi connectivity index (χ1) is 2.93. The monoisotopic (exact) mass is 198 g/mol. The van der Waals surface area contributed by atoms with E-state index in [-0.39, 0.29) is 0 Å². The molecular formula is C4H9IN-. The predicted octanol–water partition coefficient (Wildman–Crippen LogP) is -2.67. The summed E-state index contributed by atoms with van der Waals surface area (Å²) in [7, 11) is 0. The van der Waals surface area contributed by atoms with Crippen molar-refractivity contribution >= 4 is 0 Å². The molecule has 0 unspecified atom stereocenters. The van der Waals surface area contributed by atoms with Crippen LogP contribution in [-0.2, 0) is 0 Å². The van der Waals surface area contributed by atoms with Crippen molar-refractivity contribution in [3.05, 3.63) is 0 Å². The molecule has 0 bridgehead atoms. The second kappa shape index (κ2) is 2.12. The van der Waals surface area contributed by atoms with Crippen LogP contribution >= 0.6 is 0 Å². The molecule has 0 saturated carbocycles. The Morgan fingerprint density at radius 2 is 2.17 bits per heavy atom. The Kier molecular flexibility index (Phi) is 1.71. The molecule has 1 aliphatic rings. The van der Waals surface area contributed by atoms with Crippen LogP contribution in [0.25, 0.3) is 0 Å². The average Bonchev–Trinajstić information content (AvgIpc) is 1.31. The van der Waals surface area contributed by atoms with Gasteiger partial charge >= 0.3 is 49.0 Å². The topological polar surface area (TPSA) is 3.24 Å². The van der Waals surface area contributed by atoms with Crippen molar-refractivity contribution in [3.8, 4) is 0 Å². The summed E-state index contributed by atoms with van der Waals surface area (Å²) in [5, 5.41) is 0. The van der Waals surface area contributed by atoms with Crippen LogP contribution in [0.15, 0.2) is 0 Å². The Balaban J connectivity index is 2.01. The summed E-state index contributed by atoms with van der Waals surface area (Å²) in [6.07, 6.45) is 1.45. The summed E-state index contributed by atoms with van der Waals surface area (Å²) < 4.78 is 2.54. The Labute approximate surface area is 49.3 Å². The van der Waals surface area contributed by atoms with E-state index in [1.165, 1.54) is 19.5 Å². The molecule has 0 amide bonds. The Morgan fingerprint density at radius 1 is 1.50 bits per heavy atom. The molecule has 38 valence electrons. The van der Waals surface area contributed by atoms with Crippen LogP contribution in [0.3, 0.4) is 0 Å². The summed E-state index contributed by atoms with van der Waals surface area (Å²) in [5.74, 6) is 0. The SMILES string of the molecule is C[I-]N1CCC1. The van der Waals surface area contributed by atoms with E-state index in [1.54, 1.807) is 0 Å². The summed E-state index contributed by atoms with van der Waals surface area (Å²) in [4.78, 5) is 2.32. The summed E-state index contributed by atoms with van der Waals surface area (Å²) in [6, 6.07) is 0. The van der Waals surface area contributed by atoms with Gasteiger partial charge in [-0.1, -0.05) is 0 Å². The van der Waals surface area contributed by atoms with Crippen LogP contribution in [0.2, 0.25) is 0 Å². The van der Waals surface area contributed by atoms with Gasteiger partial charge in [0.1, 0.15) is 0 Å². The van der Waals surface area contributed by atoms with E-state index >= 15 is 0 Å². The summed E-state index contributed by atoms with van der Waals surface area (Å²) in [6.45, 7) is 2.79. The van der Waals surface area contributed by atoms with Gasteiger partial charge in [0, 0.05) is 0 Å². The van der Waals surface area contributed by atoms with Gasteiger partial charge in [-0.2, -0.15) is 0 Å². The first-order valence-electron chi connectivity index (χ1n) is 2.18. The minimum atomic E-state index is 0.465. The van der Waals surface area contributed by atoms with Gasteiger partial charge < -0.3 is 0 Å². The van der Waals surface area contributed by atoms with Crippen molar-refractivity contribution in [2.24, 2.45) is 0 Å². The van der Waals surface area contributed by atoms with Crippen LogP contribution in [0, 0.1) is 0 Å². The van der Waals surface area contributed by atoms with Gasteiger partial charge in [0.05, 0.1) is 0 Å². The van der Waals surface area contributed by atoms with Crippen molar-refractivity contribution in [1.82, 2.24) is 3.11 Å². The molecule has 0 atom stereocenters. The fourth-order valence-electron chi connectivity index (χ4n) is 0.447. The molecule has 0 aliphatic carbocycles. The first-order valence-corrected chi connectivity index (χ1v) is 5.30. The van der Waals surface area contributed by atoms with Gasteiger partial charge in [0.2, 0.25) is 0 Å². The number of hydrogen-bond acceptors (Lipinski definition) is 1. The van der Waals surface area contributed by atoms with Crippen molar-refractivity contribution in [2.45, 2.75) is 6.42 Å². The Bertz CT molecular complexity index is 40.1. The van der Waals surface area contributed by atoms with Gasteiger partial charge in [0.25, 0.3) is 0 Å².